The average Bonchev–Trinajstić information content (AvgIpc) is 2.01. The first-order chi connectivity index (χ1) is 6.61. The number of hydrogen-bond donors (Lipinski definition) is 3. The van der Waals surface area contributed by atoms with E-state index in [9.17, 15) is 4.79 Å². The summed E-state index contributed by atoms with van der Waals surface area (Å²) < 4.78 is 0.844. The number of nitrogens with zero attached hydrogens (tertiary/aromatic N) is 1. The highest BCUT2D eigenvalue weighted by Crippen LogP contribution is 1.96. The Labute approximate surface area is 92.1 Å². The summed E-state index contributed by atoms with van der Waals surface area (Å²) in [5.41, 5.74) is 5.16. The van der Waals surface area contributed by atoms with Gasteiger partial charge in [0.15, 0.2) is 0 Å². The molecule has 1 unspecified atom stereocenters. The molecule has 0 aromatic rings. The minimum absolute atomic E-state index is 0.0208. The van der Waals surface area contributed by atoms with E-state index in [1.807, 2.05) is 0 Å². The largest absolute Gasteiger partial charge is 0.480 e. The standard InChI is InChI=1S/C5H11NO2.C5H14NO/c1-3(2)4(6)5(7)8;1-6(2,3)4-5-7/h3-4H,6H2,1-2H3,(H,7,8);7H,4-5H2,1-3H3/q;+1. The van der Waals surface area contributed by atoms with Crippen LogP contribution in [-0.4, -0.2) is 61.0 Å². The van der Waals surface area contributed by atoms with Crippen molar-refractivity contribution in [3.8, 4) is 0 Å². The highest BCUT2D eigenvalue weighted by atomic mass is 16.4. The van der Waals surface area contributed by atoms with E-state index in [0.29, 0.717) is 0 Å². The molecule has 0 radical (unpaired) electrons. The van der Waals surface area contributed by atoms with E-state index < -0.39 is 12.0 Å². The maximum absolute atomic E-state index is 10.0. The number of carboxylic acid groups (broad SMARTS) is 1. The van der Waals surface area contributed by atoms with Crippen LogP contribution in [0.4, 0.5) is 0 Å². The van der Waals surface area contributed by atoms with Crippen molar-refractivity contribution in [1.82, 2.24) is 0 Å². The topological polar surface area (TPSA) is 83.6 Å². The first-order valence-corrected chi connectivity index (χ1v) is 5.01. The Hall–Kier alpha value is -0.650. The average molecular weight is 221 g/mol. The molecule has 5 heteroatoms. The third-order valence-electron chi connectivity index (χ3n) is 1.77. The molecule has 0 aliphatic carbocycles. The number of nitrogens with two attached hydrogens (primary N) is 1. The molecule has 1 atom stereocenters. The summed E-state index contributed by atoms with van der Waals surface area (Å²) in [6, 6.07) is -0.713. The number of aliphatic hydroxyl groups is 1. The van der Waals surface area contributed by atoms with E-state index in [1.165, 1.54) is 0 Å². The molecule has 0 aliphatic rings. The van der Waals surface area contributed by atoms with Gasteiger partial charge >= 0.3 is 5.97 Å². The zero-order valence-electron chi connectivity index (χ0n) is 10.4. The second-order valence-electron chi connectivity index (χ2n) is 4.85. The van der Waals surface area contributed by atoms with Gasteiger partial charge in [-0.2, -0.15) is 0 Å². The zero-order valence-corrected chi connectivity index (χ0v) is 10.4. The van der Waals surface area contributed by atoms with Crippen molar-refractivity contribution in [2.24, 2.45) is 11.7 Å². The van der Waals surface area contributed by atoms with Crippen LogP contribution in [0.5, 0.6) is 0 Å². The summed E-state index contributed by atoms with van der Waals surface area (Å²) in [5.74, 6) is -0.910. The second-order valence-corrected chi connectivity index (χ2v) is 4.85. The van der Waals surface area contributed by atoms with Gasteiger partial charge in [0.1, 0.15) is 12.6 Å². The molecule has 15 heavy (non-hydrogen) atoms. The van der Waals surface area contributed by atoms with Crippen molar-refractivity contribution in [3.05, 3.63) is 0 Å². The Morgan fingerprint density at radius 1 is 1.33 bits per heavy atom. The molecule has 4 N–H and O–H groups in total. The molecule has 92 valence electrons. The van der Waals surface area contributed by atoms with Gasteiger partial charge in [-0.1, -0.05) is 13.8 Å². The van der Waals surface area contributed by atoms with Gasteiger partial charge in [0, 0.05) is 0 Å². The van der Waals surface area contributed by atoms with E-state index in [0.717, 1.165) is 11.0 Å². The summed E-state index contributed by atoms with van der Waals surface area (Å²) in [6.07, 6.45) is 0. The van der Waals surface area contributed by atoms with E-state index >= 15 is 0 Å². The number of carbonyl (C=O) groups is 1. The van der Waals surface area contributed by atoms with Crippen LogP contribution >= 0.6 is 0 Å². The van der Waals surface area contributed by atoms with Crippen LogP contribution in [0, 0.1) is 5.92 Å². The summed E-state index contributed by atoms with van der Waals surface area (Å²) in [6.45, 7) is 4.67. The van der Waals surface area contributed by atoms with Crippen LogP contribution in [0.15, 0.2) is 0 Å². The fourth-order valence-electron chi connectivity index (χ4n) is 0.585. The van der Waals surface area contributed by atoms with Gasteiger partial charge in [-0.25, -0.2) is 0 Å². The highest BCUT2D eigenvalue weighted by molar-refractivity contribution is 5.73. The Morgan fingerprint density at radius 3 is 1.73 bits per heavy atom. The fraction of sp³-hybridized carbons (Fsp3) is 0.900. The molecule has 0 aromatic carbocycles. The number of carboxylic acids is 1. The minimum Gasteiger partial charge on any atom is -0.480 e. The minimum atomic E-state index is -0.931. The SMILES string of the molecule is CC(C)C(N)C(=O)O.C[N+](C)(C)CCO. The van der Waals surface area contributed by atoms with E-state index in [-0.39, 0.29) is 12.5 Å². The molecule has 0 bridgehead atoms. The van der Waals surface area contributed by atoms with Gasteiger partial charge < -0.3 is 20.4 Å². The molecule has 0 aromatic heterocycles. The maximum Gasteiger partial charge on any atom is 0.320 e. The first-order valence-electron chi connectivity index (χ1n) is 5.01. The zero-order chi connectivity index (χ0) is 12.6. The van der Waals surface area contributed by atoms with Gasteiger partial charge in [-0.3, -0.25) is 4.79 Å². The van der Waals surface area contributed by atoms with Gasteiger partial charge in [0.05, 0.1) is 27.7 Å². The summed E-state index contributed by atoms with van der Waals surface area (Å²) >= 11 is 0. The Kier molecular flexibility index (Phi) is 8.51. The number of aliphatic carboxylic acids is 1. The molecular formula is C10H25N2O3+. The van der Waals surface area contributed by atoms with E-state index in [4.69, 9.17) is 15.9 Å². The number of quaternary nitrogens is 1. The van der Waals surface area contributed by atoms with Crippen molar-refractivity contribution in [3.63, 3.8) is 0 Å². The van der Waals surface area contributed by atoms with Gasteiger partial charge in [0.25, 0.3) is 0 Å². The number of hydrogen-bond acceptors (Lipinski definition) is 3. The molecule has 0 fully saturated rings. The predicted molar refractivity (Wildman–Crippen MR) is 60.4 cm³/mol. The molecule has 0 rings (SSSR count). The third kappa shape index (κ3) is 13.3. The number of aliphatic hydroxyl groups excluding tert-OH is 1. The molecular weight excluding hydrogens is 196 g/mol. The highest BCUT2D eigenvalue weighted by Gasteiger charge is 2.14. The van der Waals surface area contributed by atoms with E-state index in [1.54, 1.807) is 13.8 Å². The normalized spacial score (nSPS) is 13.1. The van der Waals surface area contributed by atoms with Crippen molar-refractivity contribution < 1.29 is 19.5 Å². The predicted octanol–water partition coefficient (Wildman–Crippen LogP) is -0.261. The summed E-state index contributed by atoms with van der Waals surface area (Å²) in [5, 5.41) is 16.6. The summed E-state index contributed by atoms with van der Waals surface area (Å²) in [4.78, 5) is 10.0. The molecule has 0 amide bonds. The van der Waals surface area contributed by atoms with E-state index in [2.05, 4.69) is 21.1 Å². The molecule has 0 saturated carbocycles. The van der Waals surface area contributed by atoms with Crippen molar-refractivity contribution in [1.29, 1.82) is 0 Å². The monoisotopic (exact) mass is 221 g/mol. The molecule has 0 saturated heterocycles. The smallest absolute Gasteiger partial charge is 0.320 e. The maximum atomic E-state index is 10.0. The Balaban J connectivity index is 0. The van der Waals surface area contributed by atoms with Crippen molar-refractivity contribution >= 4 is 5.97 Å². The van der Waals surface area contributed by atoms with Gasteiger partial charge in [-0.05, 0) is 5.92 Å². The van der Waals surface area contributed by atoms with Crippen LogP contribution in [0.2, 0.25) is 0 Å². The number of likely N-dealkylation sites (N-methyl/N-ethyl adjacent to an activating group) is 1. The summed E-state index contributed by atoms with van der Waals surface area (Å²) in [7, 11) is 6.16. The lowest BCUT2D eigenvalue weighted by molar-refractivity contribution is -0.870. The van der Waals surface area contributed by atoms with Gasteiger partial charge in [-0.15, -0.1) is 0 Å². The van der Waals surface area contributed by atoms with Crippen LogP contribution in [0.1, 0.15) is 13.8 Å². The lowest BCUT2D eigenvalue weighted by Crippen LogP contribution is -2.36. The quantitative estimate of drug-likeness (QED) is 0.571. The van der Waals surface area contributed by atoms with Crippen molar-refractivity contribution in [2.45, 2.75) is 19.9 Å². The molecule has 0 heterocycles. The van der Waals surface area contributed by atoms with Crippen LogP contribution in [0.3, 0.4) is 0 Å². The Morgan fingerprint density at radius 2 is 1.73 bits per heavy atom. The van der Waals surface area contributed by atoms with Crippen molar-refractivity contribution in [2.75, 3.05) is 34.3 Å². The first kappa shape index (κ1) is 16.8. The fourth-order valence-corrected chi connectivity index (χ4v) is 0.585. The molecule has 0 aliphatic heterocycles. The second kappa shape index (κ2) is 7.62. The molecule has 0 spiro atoms. The van der Waals surface area contributed by atoms with Gasteiger partial charge in [0.2, 0.25) is 0 Å². The number of rotatable bonds is 4. The molecule has 5 nitrogen and oxygen atoms in total. The van der Waals surface area contributed by atoms with Crippen LogP contribution < -0.4 is 5.73 Å². The Bertz CT molecular complexity index is 176. The lowest BCUT2D eigenvalue weighted by atomic mass is 10.1. The van der Waals surface area contributed by atoms with Crippen LogP contribution in [-0.2, 0) is 4.79 Å². The van der Waals surface area contributed by atoms with Crippen LogP contribution in [0.25, 0.3) is 0 Å². The third-order valence-corrected chi connectivity index (χ3v) is 1.77. The lowest BCUT2D eigenvalue weighted by Gasteiger charge is -2.21.